The van der Waals surface area contributed by atoms with E-state index in [-0.39, 0.29) is 16.9 Å². The number of benzene rings is 1. The number of hydrogen-bond acceptors (Lipinski definition) is 6. The van der Waals surface area contributed by atoms with Gasteiger partial charge in [0, 0.05) is 10.4 Å². The number of methoxy groups -OCH3 is 1. The number of amides is 1. The molecule has 1 aliphatic rings. The van der Waals surface area contributed by atoms with Crippen molar-refractivity contribution in [2.75, 3.05) is 12.4 Å². The highest BCUT2D eigenvalue weighted by molar-refractivity contribution is 7.17. The summed E-state index contributed by atoms with van der Waals surface area (Å²) in [6.07, 6.45) is 3.01. The first-order valence-corrected chi connectivity index (χ1v) is 12.1. The number of nitrogens with one attached hydrogen (secondary N) is 1. The van der Waals surface area contributed by atoms with Gasteiger partial charge in [-0.3, -0.25) is 4.79 Å². The molecule has 0 fully saturated rings. The van der Waals surface area contributed by atoms with Crippen LogP contribution >= 0.6 is 11.3 Å². The Labute approximate surface area is 203 Å². The number of alkyl halides is 2. The maximum Gasteiger partial charge on any atom is 0.341 e. The smallest absolute Gasteiger partial charge is 0.341 e. The molecule has 35 heavy (non-hydrogen) atoms. The van der Waals surface area contributed by atoms with Crippen molar-refractivity contribution >= 4 is 33.9 Å². The van der Waals surface area contributed by atoms with E-state index < -0.39 is 18.3 Å². The molecule has 5 rings (SSSR count). The summed E-state index contributed by atoms with van der Waals surface area (Å²) >= 11 is 1.36. The first-order chi connectivity index (χ1) is 17.0. The van der Waals surface area contributed by atoms with E-state index in [1.54, 1.807) is 24.3 Å². The van der Waals surface area contributed by atoms with Gasteiger partial charge in [-0.05, 0) is 37.3 Å². The average Bonchev–Trinajstić information content (AvgIpc) is 3.36. The van der Waals surface area contributed by atoms with Crippen LogP contribution in [0.2, 0.25) is 0 Å². The van der Waals surface area contributed by atoms with Gasteiger partial charge in [0.2, 0.25) is 0 Å². The SMILES string of the molecule is COC(=O)c1c(NC(=O)c2cnn3c(C(F)F)cc(-c4ccccc4)nc23)sc2c1CCCCC2. The van der Waals surface area contributed by atoms with Gasteiger partial charge in [0.1, 0.15) is 16.3 Å². The molecule has 0 spiro atoms. The molecule has 10 heteroatoms. The van der Waals surface area contributed by atoms with Gasteiger partial charge < -0.3 is 10.1 Å². The Balaban J connectivity index is 1.57. The Morgan fingerprint density at radius 3 is 2.66 bits per heavy atom. The van der Waals surface area contributed by atoms with Gasteiger partial charge in [-0.1, -0.05) is 36.8 Å². The largest absolute Gasteiger partial charge is 0.465 e. The third-order valence-electron chi connectivity index (χ3n) is 6.07. The number of hydrogen-bond donors (Lipinski definition) is 1. The number of thiophene rings is 1. The van der Waals surface area contributed by atoms with Crippen LogP contribution in [-0.2, 0) is 17.6 Å². The van der Waals surface area contributed by atoms with Crippen molar-refractivity contribution in [1.82, 2.24) is 14.6 Å². The van der Waals surface area contributed by atoms with Crippen LogP contribution in [0.5, 0.6) is 0 Å². The number of esters is 1. The summed E-state index contributed by atoms with van der Waals surface area (Å²) in [6.45, 7) is 0. The van der Waals surface area contributed by atoms with Gasteiger partial charge in [0.25, 0.3) is 12.3 Å². The highest BCUT2D eigenvalue weighted by Crippen LogP contribution is 2.38. The lowest BCUT2D eigenvalue weighted by atomic mass is 10.1. The summed E-state index contributed by atoms with van der Waals surface area (Å²) < 4.78 is 33.7. The number of aromatic nitrogens is 3. The molecular weight excluding hydrogens is 474 g/mol. The van der Waals surface area contributed by atoms with E-state index in [1.807, 2.05) is 6.07 Å². The van der Waals surface area contributed by atoms with Crippen molar-refractivity contribution in [3.8, 4) is 11.3 Å². The Hall–Kier alpha value is -3.66. The van der Waals surface area contributed by atoms with Crippen LogP contribution in [0.25, 0.3) is 16.9 Å². The second kappa shape index (κ2) is 9.53. The van der Waals surface area contributed by atoms with Gasteiger partial charge in [0.05, 0.1) is 24.6 Å². The molecule has 0 aliphatic heterocycles. The third kappa shape index (κ3) is 4.29. The van der Waals surface area contributed by atoms with Crippen LogP contribution in [0.1, 0.15) is 62.5 Å². The molecule has 0 atom stereocenters. The molecule has 1 aromatic carbocycles. The normalized spacial score (nSPS) is 13.5. The number of halogens is 2. The van der Waals surface area contributed by atoms with E-state index in [1.165, 1.54) is 30.7 Å². The van der Waals surface area contributed by atoms with Gasteiger partial charge in [-0.25, -0.2) is 23.1 Å². The second-order valence-electron chi connectivity index (χ2n) is 8.24. The molecule has 1 aliphatic carbocycles. The lowest BCUT2D eigenvalue weighted by Gasteiger charge is -2.09. The first-order valence-electron chi connectivity index (χ1n) is 11.2. The predicted octanol–water partition coefficient (Wildman–Crippen LogP) is 5.70. The van der Waals surface area contributed by atoms with Gasteiger partial charge >= 0.3 is 5.97 Å². The van der Waals surface area contributed by atoms with Crippen LogP contribution in [0.3, 0.4) is 0 Å². The van der Waals surface area contributed by atoms with Gasteiger partial charge in [-0.2, -0.15) is 5.10 Å². The van der Waals surface area contributed by atoms with Crippen molar-refractivity contribution in [2.45, 2.75) is 38.5 Å². The number of nitrogens with zero attached hydrogens (tertiary/aromatic N) is 3. The van der Waals surface area contributed by atoms with Crippen molar-refractivity contribution < 1.29 is 23.1 Å². The Kier molecular flexibility index (Phi) is 6.29. The molecule has 0 saturated carbocycles. The molecule has 4 aromatic rings. The summed E-state index contributed by atoms with van der Waals surface area (Å²) in [7, 11) is 1.31. The first kappa shape index (κ1) is 23.1. The third-order valence-corrected chi connectivity index (χ3v) is 7.28. The molecule has 0 bridgehead atoms. The van der Waals surface area contributed by atoms with Crippen LogP contribution < -0.4 is 5.32 Å². The van der Waals surface area contributed by atoms with Gasteiger partial charge in [0.15, 0.2) is 5.65 Å². The summed E-state index contributed by atoms with van der Waals surface area (Å²) in [6, 6.07) is 10.2. The minimum atomic E-state index is -2.82. The van der Waals surface area contributed by atoms with Crippen molar-refractivity contribution in [3.63, 3.8) is 0 Å². The van der Waals surface area contributed by atoms with E-state index in [0.717, 1.165) is 47.1 Å². The lowest BCUT2D eigenvalue weighted by Crippen LogP contribution is -2.15. The molecule has 3 aromatic heterocycles. The van der Waals surface area contributed by atoms with Crippen molar-refractivity contribution in [3.05, 3.63) is 69.9 Å². The van der Waals surface area contributed by atoms with Gasteiger partial charge in [-0.15, -0.1) is 11.3 Å². The number of carbonyl (C=O) groups is 2. The summed E-state index contributed by atoms with van der Waals surface area (Å²) in [5.41, 5.74) is 1.90. The number of fused-ring (bicyclic) bond motifs is 2. The summed E-state index contributed by atoms with van der Waals surface area (Å²) in [5.74, 6) is -1.09. The molecule has 0 saturated heterocycles. The van der Waals surface area contributed by atoms with Crippen molar-refractivity contribution in [2.24, 2.45) is 0 Å². The number of aryl methyl sites for hydroxylation is 1. The molecule has 0 unspecified atom stereocenters. The summed E-state index contributed by atoms with van der Waals surface area (Å²) in [5, 5.41) is 7.21. The number of rotatable bonds is 5. The standard InChI is InChI=1S/C25H22F2N4O3S/c1-34-25(33)20-15-10-6-3-7-11-19(15)35-24(20)30-23(32)16-13-28-31-18(21(26)27)12-17(29-22(16)31)14-8-4-2-5-9-14/h2,4-5,8-9,12-13,21H,3,6-7,10-11H2,1H3,(H,30,32). The molecule has 3 heterocycles. The number of anilines is 1. The monoisotopic (exact) mass is 496 g/mol. The molecular formula is C25H22F2N4O3S. The fraction of sp³-hybridized carbons (Fsp3) is 0.280. The zero-order chi connectivity index (χ0) is 24.5. The van der Waals surface area contributed by atoms with Crippen LogP contribution in [-0.4, -0.2) is 33.6 Å². The van der Waals surface area contributed by atoms with E-state index in [9.17, 15) is 18.4 Å². The number of carbonyl (C=O) groups excluding carboxylic acids is 2. The zero-order valence-electron chi connectivity index (χ0n) is 18.9. The minimum Gasteiger partial charge on any atom is -0.465 e. The summed E-state index contributed by atoms with van der Waals surface area (Å²) in [4.78, 5) is 31.5. The topological polar surface area (TPSA) is 85.6 Å². The fourth-order valence-corrected chi connectivity index (χ4v) is 5.65. The Morgan fingerprint density at radius 2 is 1.91 bits per heavy atom. The maximum absolute atomic E-state index is 13.9. The van der Waals surface area contributed by atoms with Crippen LogP contribution in [0, 0.1) is 0 Å². The van der Waals surface area contributed by atoms with Crippen LogP contribution in [0.4, 0.5) is 13.8 Å². The minimum absolute atomic E-state index is 0.0110. The van der Waals surface area contributed by atoms with E-state index in [2.05, 4.69) is 15.4 Å². The van der Waals surface area contributed by atoms with E-state index in [4.69, 9.17) is 4.74 Å². The van der Waals surface area contributed by atoms with Crippen LogP contribution in [0.15, 0.2) is 42.6 Å². The molecule has 7 nitrogen and oxygen atoms in total. The average molecular weight is 497 g/mol. The molecule has 1 N–H and O–H groups in total. The second-order valence-corrected chi connectivity index (χ2v) is 9.35. The maximum atomic E-state index is 13.9. The lowest BCUT2D eigenvalue weighted by molar-refractivity contribution is 0.0601. The highest BCUT2D eigenvalue weighted by atomic mass is 32.1. The quantitative estimate of drug-likeness (QED) is 0.283. The highest BCUT2D eigenvalue weighted by Gasteiger charge is 2.28. The molecule has 1 amide bonds. The van der Waals surface area contributed by atoms with E-state index in [0.29, 0.717) is 21.8 Å². The fourth-order valence-electron chi connectivity index (χ4n) is 4.38. The van der Waals surface area contributed by atoms with E-state index >= 15 is 0 Å². The van der Waals surface area contributed by atoms with Crippen molar-refractivity contribution in [1.29, 1.82) is 0 Å². The number of ether oxygens (including phenoxy) is 1. The Morgan fingerprint density at radius 1 is 1.14 bits per heavy atom. The molecule has 180 valence electrons. The predicted molar refractivity (Wildman–Crippen MR) is 128 cm³/mol. The zero-order valence-corrected chi connectivity index (χ0v) is 19.7. The molecule has 0 radical (unpaired) electrons. The Bertz CT molecular complexity index is 1420.